The van der Waals surface area contributed by atoms with Crippen LogP contribution in [0, 0.1) is 0 Å². The summed E-state index contributed by atoms with van der Waals surface area (Å²) in [5.41, 5.74) is 1.73. The minimum absolute atomic E-state index is 0.0114. The van der Waals surface area contributed by atoms with Crippen LogP contribution in [0.2, 0.25) is 0 Å². The number of aliphatic hydroxyl groups is 1. The molecule has 6 nitrogen and oxygen atoms in total. The molecule has 3 N–H and O–H groups in total. The Morgan fingerprint density at radius 1 is 1.23 bits per heavy atom. The molecule has 31 heavy (non-hydrogen) atoms. The molecular weight excluding hydrogens is 409 g/mol. The lowest BCUT2D eigenvalue weighted by Crippen LogP contribution is -2.36. The van der Waals surface area contributed by atoms with Crippen LogP contribution in [0.25, 0.3) is 0 Å². The fourth-order valence-corrected chi connectivity index (χ4v) is 3.71. The number of hydrogen-bond acceptors (Lipinski definition) is 4. The summed E-state index contributed by atoms with van der Waals surface area (Å²) in [5, 5.41) is 19.3. The highest BCUT2D eigenvalue weighted by atomic mass is 19.4. The molecule has 1 aliphatic heterocycles. The maximum Gasteiger partial charge on any atom is 0.410 e. The summed E-state index contributed by atoms with van der Waals surface area (Å²) in [4.78, 5) is 12.9. The van der Waals surface area contributed by atoms with Crippen LogP contribution in [0.5, 0.6) is 0 Å². The summed E-state index contributed by atoms with van der Waals surface area (Å²) in [6.45, 7) is 1.60. The molecule has 1 aromatic heterocycles. The zero-order valence-corrected chi connectivity index (χ0v) is 16.6. The van der Waals surface area contributed by atoms with Crippen LogP contribution in [0.15, 0.2) is 60.8 Å². The largest absolute Gasteiger partial charge is 0.410 e. The van der Waals surface area contributed by atoms with Gasteiger partial charge < -0.3 is 15.7 Å². The van der Waals surface area contributed by atoms with Gasteiger partial charge in [0.25, 0.3) is 5.91 Å². The van der Waals surface area contributed by atoms with E-state index in [2.05, 4.69) is 15.7 Å². The molecule has 0 aliphatic carbocycles. The molecule has 2 aromatic carbocycles. The van der Waals surface area contributed by atoms with Crippen LogP contribution in [-0.2, 0) is 0 Å². The number of halogens is 3. The Bertz CT molecular complexity index is 1080. The Labute approximate surface area is 176 Å². The summed E-state index contributed by atoms with van der Waals surface area (Å²) in [6, 6.07) is 13.0. The molecule has 3 aromatic rings. The third-order valence-electron chi connectivity index (χ3n) is 5.31. The van der Waals surface area contributed by atoms with E-state index in [-0.39, 0.29) is 17.8 Å². The van der Waals surface area contributed by atoms with Gasteiger partial charge in [-0.05, 0) is 30.2 Å². The molecule has 0 unspecified atom stereocenters. The van der Waals surface area contributed by atoms with Gasteiger partial charge in [0.05, 0.1) is 18.3 Å². The SMILES string of the molecule is C[C@H](O)c1cccc(NC(=O)c2cnn3c2N[C@H](c2ccccc2)C[C@@H]3C(F)(F)F)c1. The van der Waals surface area contributed by atoms with Crippen molar-refractivity contribution in [2.24, 2.45) is 0 Å². The van der Waals surface area contributed by atoms with Crippen molar-refractivity contribution in [3.63, 3.8) is 0 Å². The predicted molar refractivity (Wildman–Crippen MR) is 110 cm³/mol. The zero-order chi connectivity index (χ0) is 22.2. The van der Waals surface area contributed by atoms with Gasteiger partial charge in [0, 0.05) is 12.1 Å². The van der Waals surface area contributed by atoms with Crippen molar-refractivity contribution in [3.05, 3.63) is 77.5 Å². The highest BCUT2D eigenvalue weighted by Gasteiger charge is 2.47. The number of carbonyl (C=O) groups excluding carboxylic acids is 1. The minimum atomic E-state index is -4.52. The molecule has 4 rings (SSSR count). The van der Waals surface area contributed by atoms with Gasteiger partial charge in [-0.3, -0.25) is 4.79 Å². The minimum Gasteiger partial charge on any atom is -0.389 e. The lowest BCUT2D eigenvalue weighted by atomic mass is 9.96. The molecular formula is C22H21F3N4O2. The van der Waals surface area contributed by atoms with Gasteiger partial charge in [-0.25, -0.2) is 4.68 Å². The molecule has 0 bridgehead atoms. The maximum atomic E-state index is 13.8. The van der Waals surface area contributed by atoms with E-state index in [1.807, 2.05) is 0 Å². The fourth-order valence-electron chi connectivity index (χ4n) is 3.71. The quantitative estimate of drug-likeness (QED) is 0.553. The van der Waals surface area contributed by atoms with Crippen molar-refractivity contribution < 1.29 is 23.1 Å². The van der Waals surface area contributed by atoms with Crippen LogP contribution in [0.4, 0.5) is 24.7 Å². The summed E-state index contributed by atoms with van der Waals surface area (Å²) in [5.74, 6) is -0.572. The van der Waals surface area contributed by atoms with E-state index < -0.39 is 30.3 Å². The Morgan fingerprint density at radius 2 is 1.97 bits per heavy atom. The average Bonchev–Trinajstić information content (AvgIpc) is 3.17. The number of nitrogens with one attached hydrogen (secondary N) is 2. The third-order valence-corrected chi connectivity index (χ3v) is 5.31. The molecule has 0 fully saturated rings. The number of fused-ring (bicyclic) bond motifs is 1. The lowest BCUT2D eigenvalue weighted by Gasteiger charge is -2.34. The normalized spacial score (nSPS) is 19.3. The van der Waals surface area contributed by atoms with Crippen molar-refractivity contribution in [1.82, 2.24) is 9.78 Å². The second kappa shape index (κ2) is 8.07. The van der Waals surface area contributed by atoms with E-state index in [4.69, 9.17) is 0 Å². The van der Waals surface area contributed by atoms with Gasteiger partial charge in [0.1, 0.15) is 11.4 Å². The van der Waals surface area contributed by atoms with Gasteiger partial charge in [-0.1, -0.05) is 42.5 Å². The summed E-state index contributed by atoms with van der Waals surface area (Å²) >= 11 is 0. The Kier molecular flexibility index (Phi) is 5.45. The van der Waals surface area contributed by atoms with Crippen LogP contribution in [-0.4, -0.2) is 27.0 Å². The van der Waals surface area contributed by atoms with Gasteiger partial charge in [0.2, 0.25) is 0 Å². The molecule has 0 spiro atoms. The van der Waals surface area contributed by atoms with E-state index in [1.165, 1.54) is 0 Å². The average molecular weight is 430 g/mol. The Morgan fingerprint density at radius 3 is 2.65 bits per heavy atom. The van der Waals surface area contributed by atoms with Crippen molar-refractivity contribution in [3.8, 4) is 0 Å². The molecule has 0 saturated heterocycles. The summed E-state index contributed by atoms with van der Waals surface area (Å²) < 4.78 is 42.2. The summed E-state index contributed by atoms with van der Waals surface area (Å²) in [7, 11) is 0. The van der Waals surface area contributed by atoms with Crippen molar-refractivity contribution >= 4 is 17.4 Å². The Balaban J connectivity index is 1.67. The van der Waals surface area contributed by atoms with Crippen LogP contribution >= 0.6 is 0 Å². The zero-order valence-electron chi connectivity index (χ0n) is 16.6. The number of aliphatic hydroxyl groups excluding tert-OH is 1. The number of anilines is 2. The maximum absolute atomic E-state index is 13.8. The third kappa shape index (κ3) is 4.27. The number of aromatic nitrogens is 2. The number of rotatable bonds is 4. The van der Waals surface area contributed by atoms with E-state index in [0.717, 1.165) is 10.9 Å². The van der Waals surface area contributed by atoms with Gasteiger partial charge >= 0.3 is 6.18 Å². The molecule has 1 amide bonds. The number of amides is 1. The van der Waals surface area contributed by atoms with Crippen LogP contribution in [0.1, 0.15) is 53.0 Å². The topological polar surface area (TPSA) is 79.2 Å². The van der Waals surface area contributed by atoms with E-state index >= 15 is 0 Å². The smallest absolute Gasteiger partial charge is 0.389 e. The first-order chi connectivity index (χ1) is 14.7. The summed E-state index contributed by atoms with van der Waals surface area (Å²) in [6.07, 6.45) is -4.33. The first kappa shape index (κ1) is 20.9. The van der Waals surface area contributed by atoms with Crippen molar-refractivity contribution in [2.45, 2.75) is 37.7 Å². The van der Waals surface area contributed by atoms with Gasteiger partial charge in [-0.2, -0.15) is 18.3 Å². The monoisotopic (exact) mass is 430 g/mol. The lowest BCUT2D eigenvalue weighted by molar-refractivity contribution is -0.173. The number of alkyl halides is 3. The van der Waals surface area contributed by atoms with Crippen LogP contribution in [0.3, 0.4) is 0 Å². The highest BCUT2D eigenvalue weighted by Crippen LogP contribution is 2.44. The predicted octanol–water partition coefficient (Wildman–Crippen LogP) is 4.85. The molecule has 0 radical (unpaired) electrons. The molecule has 0 saturated carbocycles. The number of benzene rings is 2. The van der Waals surface area contributed by atoms with Crippen LogP contribution < -0.4 is 10.6 Å². The van der Waals surface area contributed by atoms with E-state index in [9.17, 15) is 23.1 Å². The molecule has 2 heterocycles. The van der Waals surface area contributed by atoms with Crippen molar-refractivity contribution in [2.75, 3.05) is 10.6 Å². The Hall–Kier alpha value is -3.33. The van der Waals surface area contributed by atoms with E-state index in [1.54, 1.807) is 61.5 Å². The molecule has 1 aliphatic rings. The second-order valence-corrected chi connectivity index (χ2v) is 7.51. The van der Waals surface area contributed by atoms with Gasteiger partial charge in [-0.15, -0.1) is 0 Å². The molecule has 162 valence electrons. The number of carbonyl (C=O) groups is 1. The van der Waals surface area contributed by atoms with E-state index in [0.29, 0.717) is 16.8 Å². The highest BCUT2D eigenvalue weighted by molar-refractivity contribution is 6.07. The fraction of sp³-hybridized carbons (Fsp3) is 0.273. The van der Waals surface area contributed by atoms with Gasteiger partial charge in [0.15, 0.2) is 6.04 Å². The number of nitrogens with zero attached hydrogens (tertiary/aromatic N) is 2. The molecule has 9 heteroatoms. The first-order valence-corrected chi connectivity index (χ1v) is 9.79. The molecule has 3 atom stereocenters. The number of hydrogen-bond donors (Lipinski definition) is 3. The standard InChI is InChI=1S/C22H21F3N4O2/c1-13(30)15-8-5-9-16(10-15)27-21(31)17-12-26-29-19(22(23,24)25)11-18(28-20(17)29)14-6-3-2-4-7-14/h2-10,12-13,18-19,28,30H,11H2,1H3,(H,27,31)/t13-,18-,19+/m0/s1. The van der Waals surface area contributed by atoms with Crippen molar-refractivity contribution in [1.29, 1.82) is 0 Å². The first-order valence-electron chi connectivity index (χ1n) is 9.79. The second-order valence-electron chi connectivity index (χ2n) is 7.51.